The molecule has 1 rings (SSSR count). The van der Waals surface area contributed by atoms with Crippen LogP contribution in [0.4, 0.5) is 0 Å². The molecular formula is C12H15NO4. The Kier molecular flexibility index (Phi) is 4.51. The zero-order valence-electron chi connectivity index (χ0n) is 9.59. The number of carbonyl (C=O) groups excluding carboxylic acids is 1. The summed E-state index contributed by atoms with van der Waals surface area (Å²) in [6, 6.07) is 6.73. The second-order valence-corrected chi connectivity index (χ2v) is 3.77. The van der Waals surface area contributed by atoms with Crippen molar-refractivity contribution < 1.29 is 19.8 Å². The van der Waals surface area contributed by atoms with E-state index in [4.69, 9.17) is 5.11 Å². The number of carboxylic acids is 1. The monoisotopic (exact) mass is 237 g/mol. The highest BCUT2D eigenvalue weighted by Crippen LogP contribution is 2.17. The molecular weight excluding hydrogens is 222 g/mol. The maximum atomic E-state index is 11.5. The standard InChI is InChI=1S/C12H15NO4/c1-13(11(15)6-7-12(16)17)8-9-4-2-3-5-10(9)14/h2-5,14H,6-8H2,1H3,(H,16,17). The fraction of sp³-hybridized carbons (Fsp3) is 0.333. The number of benzene rings is 1. The van der Waals surface area contributed by atoms with Gasteiger partial charge >= 0.3 is 5.97 Å². The van der Waals surface area contributed by atoms with Crippen LogP contribution in [0.1, 0.15) is 18.4 Å². The summed E-state index contributed by atoms with van der Waals surface area (Å²) in [6.45, 7) is 0.269. The largest absolute Gasteiger partial charge is 0.508 e. The molecule has 0 heterocycles. The summed E-state index contributed by atoms with van der Waals surface area (Å²) in [5.74, 6) is -1.12. The first-order valence-corrected chi connectivity index (χ1v) is 5.23. The summed E-state index contributed by atoms with van der Waals surface area (Å²) in [5.41, 5.74) is 0.638. The molecule has 2 N–H and O–H groups in total. The van der Waals surface area contributed by atoms with E-state index in [1.165, 1.54) is 4.90 Å². The van der Waals surface area contributed by atoms with Gasteiger partial charge in [0.2, 0.25) is 5.91 Å². The molecule has 1 aromatic carbocycles. The third-order valence-corrected chi connectivity index (χ3v) is 2.38. The smallest absolute Gasteiger partial charge is 0.303 e. The average molecular weight is 237 g/mol. The summed E-state index contributed by atoms with van der Waals surface area (Å²) in [5, 5.41) is 18.0. The van der Waals surface area contributed by atoms with E-state index in [0.717, 1.165) is 0 Å². The highest BCUT2D eigenvalue weighted by atomic mass is 16.4. The molecule has 0 unspecified atom stereocenters. The second kappa shape index (κ2) is 5.89. The van der Waals surface area contributed by atoms with Crippen molar-refractivity contribution >= 4 is 11.9 Å². The molecule has 0 aromatic heterocycles. The number of hydrogen-bond donors (Lipinski definition) is 2. The molecule has 92 valence electrons. The van der Waals surface area contributed by atoms with Gasteiger partial charge in [-0.3, -0.25) is 9.59 Å². The lowest BCUT2D eigenvalue weighted by molar-refractivity contribution is -0.140. The van der Waals surface area contributed by atoms with Crippen LogP contribution in [0.3, 0.4) is 0 Å². The van der Waals surface area contributed by atoms with E-state index >= 15 is 0 Å². The van der Waals surface area contributed by atoms with Crippen molar-refractivity contribution in [1.82, 2.24) is 4.90 Å². The fourth-order valence-electron chi connectivity index (χ4n) is 1.39. The van der Waals surface area contributed by atoms with Gasteiger partial charge in [-0.2, -0.15) is 0 Å². The van der Waals surface area contributed by atoms with Crippen LogP contribution in [-0.2, 0) is 16.1 Å². The summed E-state index contributed by atoms with van der Waals surface area (Å²) in [4.78, 5) is 23.3. The van der Waals surface area contributed by atoms with Crippen molar-refractivity contribution in [2.24, 2.45) is 0 Å². The molecule has 0 spiro atoms. The number of nitrogens with zero attached hydrogens (tertiary/aromatic N) is 1. The lowest BCUT2D eigenvalue weighted by Crippen LogP contribution is -2.26. The summed E-state index contributed by atoms with van der Waals surface area (Å²) >= 11 is 0. The molecule has 1 aromatic rings. The second-order valence-electron chi connectivity index (χ2n) is 3.77. The minimum Gasteiger partial charge on any atom is -0.508 e. The number of phenols is 1. The molecule has 0 atom stereocenters. The van der Waals surface area contributed by atoms with E-state index < -0.39 is 5.97 Å². The number of aliphatic carboxylic acids is 1. The number of amides is 1. The van der Waals surface area contributed by atoms with Crippen LogP contribution < -0.4 is 0 Å². The molecule has 0 aliphatic heterocycles. The van der Waals surface area contributed by atoms with Gasteiger partial charge < -0.3 is 15.1 Å². The van der Waals surface area contributed by atoms with Gasteiger partial charge in [0.05, 0.1) is 6.42 Å². The van der Waals surface area contributed by atoms with E-state index in [-0.39, 0.29) is 31.0 Å². The van der Waals surface area contributed by atoms with Gasteiger partial charge in [-0.25, -0.2) is 0 Å². The highest BCUT2D eigenvalue weighted by molar-refractivity contribution is 5.80. The molecule has 1 amide bonds. The Morgan fingerprint density at radius 2 is 1.88 bits per heavy atom. The van der Waals surface area contributed by atoms with Crippen molar-refractivity contribution in [3.8, 4) is 5.75 Å². The first-order chi connectivity index (χ1) is 8.00. The lowest BCUT2D eigenvalue weighted by atomic mass is 10.2. The van der Waals surface area contributed by atoms with E-state index in [1.54, 1.807) is 31.3 Å². The Morgan fingerprint density at radius 1 is 1.24 bits per heavy atom. The first kappa shape index (κ1) is 13.0. The Bertz CT molecular complexity index is 417. The summed E-state index contributed by atoms with van der Waals surface area (Å²) in [7, 11) is 1.58. The molecule has 17 heavy (non-hydrogen) atoms. The van der Waals surface area contributed by atoms with Gasteiger partial charge in [0, 0.05) is 25.6 Å². The van der Waals surface area contributed by atoms with Gasteiger partial charge in [-0.1, -0.05) is 18.2 Å². The van der Waals surface area contributed by atoms with Crippen molar-refractivity contribution in [2.45, 2.75) is 19.4 Å². The van der Waals surface area contributed by atoms with E-state index in [1.807, 2.05) is 0 Å². The van der Waals surface area contributed by atoms with Crippen molar-refractivity contribution in [3.05, 3.63) is 29.8 Å². The minimum atomic E-state index is -0.991. The molecule has 0 saturated carbocycles. The van der Waals surface area contributed by atoms with Crippen LogP contribution in [-0.4, -0.2) is 34.0 Å². The predicted octanol–water partition coefficient (Wildman–Crippen LogP) is 1.22. The molecule has 5 nitrogen and oxygen atoms in total. The Labute approximate surface area is 99.3 Å². The molecule has 0 fully saturated rings. The molecule has 0 saturated heterocycles. The molecule has 5 heteroatoms. The molecule has 0 aliphatic carbocycles. The summed E-state index contributed by atoms with van der Waals surface area (Å²) in [6.07, 6.45) is -0.205. The van der Waals surface area contributed by atoms with Crippen LogP contribution in [0.2, 0.25) is 0 Å². The zero-order valence-corrected chi connectivity index (χ0v) is 9.59. The average Bonchev–Trinajstić information content (AvgIpc) is 2.28. The number of carboxylic acid groups (broad SMARTS) is 1. The van der Waals surface area contributed by atoms with Crippen LogP contribution >= 0.6 is 0 Å². The molecule has 0 radical (unpaired) electrons. The fourth-order valence-corrected chi connectivity index (χ4v) is 1.39. The number of para-hydroxylation sites is 1. The number of carbonyl (C=O) groups is 2. The van der Waals surface area contributed by atoms with Crippen molar-refractivity contribution in [2.75, 3.05) is 7.05 Å². The Morgan fingerprint density at radius 3 is 2.47 bits per heavy atom. The number of hydrogen-bond acceptors (Lipinski definition) is 3. The number of phenolic OH excluding ortho intramolecular Hbond substituents is 1. The number of rotatable bonds is 5. The lowest BCUT2D eigenvalue weighted by Gasteiger charge is -2.17. The Hall–Kier alpha value is -2.04. The minimum absolute atomic E-state index is 0.0283. The maximum Gasteiger partial charge on any atom is 0.303 e. The van der Waals surface area contributed by atoms with Crippen LogP contribution in [0.5, 0.6) is 5.75 Å². The predicted molar refractivity (Wildman–Crippen MR) is 61.5 cm³/mol. The van der Waals surface area contributed by atoms with E-state index in [0.29, 0.717) is 5.56 Å². The quantitative estimate of drug-likeness (QED) is 0.807. The SMILES string of the molecule is CN(Cc1ccccc1O)C(=O)CCC(=O)O. The van der Waals surface area contributed by atoms with Crippen molar-refractivity contribution in [3.63, 3.8) is 0 Å². The van der Waals surface area contributed by atoms with Gasteiger partial charge in [-0.15, -0.1) is 0 Å². The normalized spacial score (nSPS) is 9.94. The van der Waals surface area contributed by atoms with Crippen molar-refractivity contribution in [1.29, 1.82) is 0 Å². The van der Waals surface area contributed by atoms with Crippen LogP contribution in [0.25, 0.3) is 0 Å². The van der Waals surface area contributed by atoms with Crippen LogP contribution in [0, 0.1) is 0 Å². The topological polar surface area (TPSA) is 77.8 Å². The molecule has 0 aliphatic rings. The third kappa shape index (κ3) is 4.14. The molecule has 0 bridgehead atoms. The zero-order chi connectivity index (χ0) is 12.8. The highest BCUT2D eigenvalue weighted by Gasteiger charge is 2.12. The van der Waals surface area contributed by atoms with Crippen LogP contribution in [0.15, 0.2) is 24.3 Å². The van der Waals surface area contributed by atoms with Gasteiger partial charge in [0.25, 0.3) is 0 Å². The van der Waals surface area contributed by atoms with E-state index in [2.05, 4.69) is 0 Å². The first-order valence-electron chi connectivity index (χ1n) is 5.23. The summed E-state index contributed by atoms with van der Waals surface area (Å²) < 4.78 is 0. The number of aromatic hydroxyl groups is 1. The van der Waals surface area contributed by atoms with Gasteiger partial charge in [0.1, 0.15) is 5.75 Å². The van der Waals surface area contributed by atoms with E-state index in [9.17, 15) is 14.7 Å². The van der Waals surface area contributed by atoms with Gasteiger partial charge in [-0.05, 0) is 6.07 Å². The van der Waals surface area contributed by atoms with Gasteiger partial charge in [0.15, 0.2) is 0 Å². The third-order valence-electron chi connectivity index (χ3n) is 2.38. The maximum absolute atomic E-state index is 11.5. The Balaban J connectivity index is 2.54.